The molecule has 0 amide bonds. The lowest BCUT2D eigenvalue weighted by Gasteiger charge is -2.27. The molecule has 0 spiro atoms. The molecule has 0 saturated carbocycles. The molecular weight excluding hydrogens is 248 g/mol. The fourth-order valence-corrected chi connectivity index (χ4v) is 1.70. The summed E-state index contributed by atoms with van der Waals surface area (Å²) in [5.74, 6) is 1.59. The predicted molar refractivity (Wildman–Crippen MR) is 72.6 cm³/mol. The highest BCUT2D eigenvalue weighted by atomic mass is 16.5. The van der Waals surface area contributed by atoms with E-state index in [1.54, 1.807) is 14.0 Å². The second-order valence-electron chi connectivity index (χ2n) is 4.36. The predicted octanol–water partition coefficient (Wildman–Crippen LogP) is -0.457. The normalized spacial score (nSPS) is 17.1. The van der Waals surface area contributed by atoms with Gasteiger partial charge in [0.2, 0.25) is 17.8 Å². The number of anilines is 3. The van der Waals surface area contributed by atoms with E-state index in [1.165, 1.54) is 0 Å². The zero-order valence-corrected chi connectivity index (χ0v) is 11.3. The molecule has 2 heterocycles. The fraction of sp³-hybridized carbons (Fsp3) is 0.727. The van der Waals surface area contributed by atoms with Crippen LogP contribution < -0.4 is 15.5 Å². The van der Waals surface area contributed by atoms with Gasteiger partial charge in [-0.1, -0.05) is 0 Å². The Morgan fingerprint density at radius 1 is 1.26 bits per heavy atom. The van der Waals surface area contributed by atoms with Gasteiger partial charge in [0.15, 0.2) is 0 Å². The van der Waals surface area contributed by atoms with Crippen molar-refractivity contribution in [2.75, 3.05) is 55.4 Å². The van der Waals surface area contributed by atoms with Gasteiger partial charge in [0, 0.05) is 26.7 Å². The molecule has 0 aromatic carbocycles. The molecule has 0 radical (unpaired) electrons. The highest BCUT2D eigenvalue weighted by Crippen LogP contribution is 2.14. The molecule has 1 aliphatic rings. The van der Waals surface area contributed by atoms with Crippen LogP contribution in [0.3, 0.4) is 0 Å². The first-order valence-electron chi connectivity index (χ1n) is 6.37. The van der Waals surface area contributed by atoms with Gasteiger partial charge < -0.3 is 25.4 Å². The monoisotopic (exact) mass is 268 g/mol. The van der Waals surface area contributed by atoms with Crippen LogP contribution in [-0.2, 0) is 4.74 Å². The molecule has 1 unspecified atom stereocenters. The van der Waals surface area contributed by atoms with Crippen LogP contribution in [-0.4, -0.2) is 66.1 Å². The Balaban J connectivity index is 2.14. The molecule has 8 heteroatoms. The summed E-state index contributed by atoms with van der Waals surface area (Å²) in [4.78, 5) is 15.0. The topological polar surface area (TPSA) is 95.4 Å². The number of aromatic nitrogens is 3. The molecule has 106 valence electrons. The third-order valence-electron chi connectivity index (χ3n) is 2.70. The summed E-state index contributed by atoms with van der Waals surface area (Å²) in [6.07, 6.45) is -0.457. The van der Waals surface area contributed by atoms with Crippen molar-refractivity contribution in [1.82, 2.24) is 15.0 Å². The van der Waals surface area contributed by atoms with Gasteiger partial charge in [-0.15, -0.1) is 0 Å². The van der Waals surface area contributed by atoms with Crippen molar-refractivity contribution in [1.29, 1.82) is 0 Å². The third kappa shape index (κ3) is 3.90. The first kappa shape index (κ1) is 13.8. The molecule has 1 aromatic heterocycles. The van der Waals surface area contributed by atoms with Crippen LogP contribution in [0.15, 0.2) is 0 Å². The summed E-state index contributed by atoms with van der Waals surface area (Å²) in [6, 6.07) is 0. The van der Waals surface area contributed by atoms with Gasteiger partial charge in [0.1, 0.15) is 0 Å². The summed E-state index contributed by atoms with van der Waals surface area (Å²) in [5, 5.41) is 15.2. The van der Waals surface area contributed by atoms with Crippen LogP contribution >= 0.6 is 0 Å². The number of hydrogen-bond donors (Lipinski definition) is 3. The molecule has 1 saturated heterocycles. The lowest BCUT2D eigenvalue weighted by atomic mass is 10.4. The summed E-state index contributed by atoms with van der Waals surface area (Å²) < 4.78 is 5.31. The lowest BCUT2D eigenvalue weighted by Crippen LogP contribution is -2.37. The number of morpholine rings is 1. The van der Waals surface area contributed by atoms with Crippen LogP contribution in [0, 0.1) is 0 Å². The van der Waals surface area contributed by atoms with E-state index in [1.807, 2.05) is 0 Å². The number of nitrogens with zero attached hydrogens (tertiary/aromatic N) is 4. The Labute approximate surface area is 112 Å². The van der Waals surface area contributed by atoms with Gasteiger partial charge in [0.25, 0.3) is 0 Å². The average molecular weight is 268 g/mol. The van der Waals surface area contributed by atoms with Crippen molar-refractivity contribution in [3.63, 3.8) is 0 Å². The second kappa shape index (κ2) is 6.48. The molecule has 0 aliphatic carbocycles. The number of aliphatic hydroxyl groups excluding tert-OH is 1. The molecule has 2 rings (SSSR count). The lowest BCUT2D eigenvalue weighted by molar-refractivity contribution is 0.122. The van der Waals surface area contributed by atoms with Crippen LogP contribution in [0.5, 0.6) is 0 Å². The van der Waals surface area contributed by atoms with E-state index in [-0.39, 0.29) is 0 Å². The molecule has 0 bridgehead atoms. The SMILES string of the molecule is CNc1nc(NCC(C)O)nc(N2CCOCC2)n1. The van der Waals surface area contributed by atoms with E-state index in [0.29, 0.717) is 37.6 Å². The smallest absolute Gasteiger partial charge is 0.232 e. The Bertz CT molecular complexity index is 408. The van der Waals surface area contributed by atoms with E-state index >= 15 is 0 Å². The molecule has 1 fully saturated rings. The first-order valence-corrected chi connectivity index (χ1v) is 6.37. The number of hydrogen-bond acceptors (Lipinski definition) is 8. The first-order chi connectivity index (χ1) is 9.19. The van der Waals surface area contributed by atoms with Gasteiger partial charge in [-0.05, 0) is 6.92 Å². The van der Waals surface area contributed by atoms with Crippen LogP contribution in [0.1, 0.15) is 6.92 Å². The maximum Gasteiger partial charge on any atom is 0.232 e. The van der Waals surface area contributed by atoms with Gasteiger partial charge >= 0.3 is 0 Å². The van der Waals surface area contributed by atoms with Crippen LogP contribution in [0.2, 0.25) is 0 Å². The van der Waals surface area contributed by atoms with Crippen molar-refractivity contribution in [2.45, 2.75) is 13.0 Å². The maximum absolute atomic E-state index is 9.28. The summed E-state index contributed by atoms with van der Waals surface area (Å²) in [7, 11) is 1.76. The highest BCUT2D eigenvalue weighted by Gasteiger charge is 2.16. The van der Waals surface area contributed by atoms with E-state index in [2.05, 4.69) is 30.5 Å². The molecule has 8 nitrogen and oxygen atoms in total. The van der Waals surface area contributed by atoms with Gasteiger partial charge in [-0.25, -0.2) is 0 Å². The number of rotatable bonds is 5. The number of aliphatic hydroxyl groups is 1. The van der Waals surface area contributed by atoms with Crippen molar-refractivity contribution in [3.05, 3.63) is 0 Å². The number of ether oxygens (including phenoxy) is 1. The molecule has 1 atom stereocenters. The minimum absolute atomic E-state index is 0.399. The average Bonchev–Trinajstić information content (AvgIpc) is 2.45. The number of nitrogens with one attached hydrogen (secondary N) is 2. The largest absolute Gasteiger partial charge is 0.392 e. The molecule has 19 heavy (non-hydrogen) atoms. The third-order valence-corrected chi connectivity index (χ3v) is 2.70. The summed E-state index contributed by atoms with van der Waals surface area (Å²) in [6.45, 7) is 4.99. The minimum Gasteiger partial charge on any atom is -0.392 e. The van der Waals surface area contributed by atoms with Crippen LogP contribution in [0.4, 0.5) is 17.8 Å². The molecule has 1 aromatic rings. The van der Waals surface area contributed by atoms with E-state index < -0.39 is 6.10 Å². The van der Waals surface area contributed by atoms with E-state index in [9.17, 15) is 5.11 Å². The van der Waals surface area contributed by atoms with Crippen molar-refractivity contribution in [2.24, 2.45) is 0 Å². The Kier molecular flexibility index (Phi) is 4.69. The quantitative estimate of drug-likeness (QED) is 0.660. The summed E-state index contributed by atoms with van der Waals surface area (Å²) >= 11 is 0. The Morgan fingerprint density at radius 2 is 1.95 bits per heavy atom. The minimum atomic E-state index is -0.457. The van der Waals surface area contributed by atoms with E-state index in [4.69, 9.17) is 4.74 Å². The molecule has 1 aliphatic heterocycles. The van der Waals surface area contributed by atoms with Gasteiger partial charge in [0.05, 0.1) is 19.3 Å². The molecule has 3 N–H and O–H groups in total. The van der Waals surface area contributed by atoms with Gasteiger partial charge in [-0.3, -0.25) is 0 Å². The van der Waals surface area contributed by atoms with Crippen molar-refractivity contribution in [3.8, 4) is 0 Å². The Hall–Kier alpha value is -1.67. The van der Waals surface area contributed by atoms with Gasteiger partial charge in [-0.2, -0.15) is 15.0 Å². The standard InChI is InChI=1S/C11H20N6O2/c1-8(18)7-13-10-14-9(12-2)15-11(16-10)17-3-5-19-6-4-17/h8,18H,3-7H2,1-2H3,(H2,12,13,14,15,16). The van der Waals surface area contributed by atoms with Crippen LogP contribution in [0.25, 0.3) is 0 Å². The zero-order valence-electron chi connectivity index (χ0n) is 11.3. The maximum atomic E-state index is 9.28. The second-order valence-corrected chi connectivity index (χ2v) is 4.36. The Morgan fingerprint density at radius 3 is 2.58 bits per heavy atom. The fourth-order valence-electron chi connectivity index (χ4n) is 1.70. The zero-order chi connectivity index (χ0) is 13.7. The van der Waals surface area contributed by atoms with Crippen molar-refractivity contribution < 1.29 is 9.84 Å². The van der Waals surface area contributed by atoms with Crippen molar-refractivity contribution >= 4 is 17.8 Å². The highest BCUT2D eigenvalue weighted by molar-refractivity contribution is 5.43. The van der Waals surface area contributed by atoms with E-state index in [0.717, 1.165) is 13.1 Å². The molecular formula is C11H20N6O2. The summed E-state index contributed by atoms with van der Waals surface area (Å²) in [5.41, 5.74) is 0.